The summed E-state index contributed by atoms with van der Waals surface area (Å²) in [6.45, 7) is 0. The van der Waals surface area contributed by atoms with E-state index in [1.165, 1.54) is 12.1 Å². The van der Waals surface area contributed by atoms with Crippen LogP contribution in [0.1, 0.15) is 0 Å². The Hall–Kier alpha value is -3.28. The Labute approximate surface area is 131 Å². The summed E-state index contributed by atoms with van der Waals surface area (Å²) in [6, 6.07) is 13.7. The molecule has 112 valence electrons. The van der Waals surface area contributed by atoms with Gasteiger partial charge in [0.2, 0.25) is 5.95 Å². The van der Waals surface area contributed by atoms with Crippen molar-refractivity contribution in [2.45, 2.75) is 0 Å². The lowest BCUT2D eigenvalue weighted by Gasteiger charge is -2.05. The number of benzene rings is 1. The van der Waals surface area contributed by atoms with E-state index in [9.17, 15) is 4.39 Å². The zero-order valence-electron chi connectivity index (χ0n) is 12.0. The highest BCUT2D eigenvalue weighted by Crippen LogP contribution is 2.31. The number of nitrogens with zero attached hydrogens (tertiary/aromatic N) is 4. The van der Waals surface area contributed by atoms with Gasteiger partial charge < -0.3 is 5.73 Å². The van der Waals surface area contributed by atoms with Crippen LogP contribution in [-0.4, -0.2) is 19.4 Å². The maximum atomic E-state index is 13.2. The normalized spacial score (nSPS) is 11.0. The van der Waals surface area contributed by atoms with Crippen LogP contribution in [0.5, 0.6) is 0 Å². The fourth-order valence-electron chi connectivity index (χ4n) is 2.56. The Kier molecular flexibility index (Phi) is 3.01. The van der Waals surface area contributed by atoms with Crippen LogP contribution in [0.2, 0.25) is 0 Å². The van der Waals surface area contributed by atoms with Gasteiger partial charge in [-0.1, -0.05) is 6.07 Å². The number of pyridine rings is 1. The van der Waals surface area contributed by atoms with E-state index in [0.717, 1.165) is 16.9 Å². The molecule has 4 aromatic rings. The topological polar surface area (TPSA) is 69.1 Å². The Balaban J connectivity index is 2.04. The molecule has 4 rings (SSSR count). The average Bonchev–Trinajstić information content (AvgIpc) is 2.95. The number of hydrogen-bond donors (Lipinski definition) is 1. The molecule has 0 spiro atoms. The molecule has 0 bridgehead atoms. The predicted molar refractivity (Wildman–Crippen MR) is 86.0 cm³/mol. The zero-order chi connectivity index (χ0) is 15.8. The highest BCUT2D eigenvalue weighted by Gasteiger charge is 2.17. The molecule has 5 nitrogen and oxygen atoms in total. The second-order valence-electron chi connectivity index (χ2n) is 5.04. The van der Waals surface area contributed by atoms with E-state index in [-0.39, 0.29) is 11.8 Å². The Morgan fingerprint density at radius 1 is 0.957 bits per heavy atom. The van der Waals surface area contributed by atoms with E-state index in [1.807, 2.05) is 28.8 Å². The smallest absolute Gasteiger partial charge is 0.220 e. The van der Waals surface area contributed by atoms with Crippen LogP contribution in [-0.2, 0) is 0 Å². The molecule has 0 amide bonds. The molecule has 0 atom stereocenters. The summed E-state index contributed by atoms with van der Waals surface area (Å²) < 4.78 is 15.2. The fraction of sp³-hybridized carbons (Fsp3) is 0. The highest BCUT2D eigenvalue weighted by molar-refractivity contribution is 5.80. The number of fused-ring (bicyclic) bond motifs is 1. The lowest BCUT2D eigenvalue weighted by Crippen LogP contribution is -1.98. The summed E-state index contributed by atoms with van der Waals surface area (Å²) >= 11 is 0. The van der Waals surface area contributed by atoms with Crippen molar-refractivity contribution in [1.82, 2.24) is 19.4 Å². The van der Waals surface area contributed by atoms with Gasteiger partial charge in [-0.2, -0.15) is 0 Å². The molecule has 0 radical (unpaired) electrons. The Bertz CT molecular complexity index is 991. The molecule has 1 aromatic carbocycles. The van der Waals surface area contributed by atoms with Crippen LogP contribution >= 0.6 is 0 Å². The van der Waals surface area contributed by atoms with Crippen molar-refractivity contribution < 1.29 is 4.39 Å². The molecule has 6 heteroatoms. The molecule has 0 fully saturated rings. The van der Waals surface area contributed by atoms with Crippen LogP contribution in [0.25, 0.3) is 28.3 Å². The summed E-state index contributed by atoms with van der Waals surface area (Å²) in [4.78, 5) is 12.9. The molecule has 0 aliphatic heterocycles. The molecule has 0 unspecified atom stereocenters. The van der Waals surface area contributed by atoms with E-state index < -0.39 is 0 Å². The first kappa shape index (κ1) is 13.4. The minimum Gasteiger partial charge on any atom is -0.368 e. The summed E-state index contributed by atoms with van der Waals surface area (Å²) in [5, 5.41) is 0. The lowest BCUT2D eigenvalue weighted by atomic mass is 10.1. The monoisotopic (exact) mass is 305 g/mol. The molecule has 3 aromatic heterocycles. The molecule has 0 aliphatic rings. The van der Waals surface area contributed by atoms with Gasteiger partial charge in [0, 0.05) is 18.0 Å². The standard InChI is InChI=1S/C17H12FN5/c18-12-6-4-11(5-7-12)15-16(13-8-9-20-17(19)21-13)23-10-2-1-3-14(23)22-15/h1-10H,(H2,19,20,21). The highest BCUT2D eigenvalue weighted by atomic mass is 19.1. The van der Waals surface area contributed by atoms with E-state index in [4.69, 9.17) is 5.73 Å². The Morgan fingerprint density at radius 2 is 1.78 bits per heavy atom. The third kappa shape index (κ3) is 2.30. The minimum atomic E-state index is -0.287. The maximum absolute atomic E-state index is 13.2. The van der Waals surface area contributed by atoms with E-state index in [0.29, 0.717) is 11.4 Å². The molecule has 3 heterocycles. The number of halogens is 1. The van der Waals surface area contributed by atoms with Crippen LogP contribution in [0.3, 0.4) is 0 Å². The maximum Gasteiger partial charge on any atom is 0.220 e. The summed E-state index contributed by atoms with van der Waals surface area (Å²) in [5.74, 6) is -0.0937. The first-order chi connectivity index (χ1) is 11.2. The van der Waals surface area contributed by atoms with Crippen molar-refractivity contribution in [3.05, 3.63) is 66.7 Å². The largest absolute Gasteiger partial charge is 0.368 e. The van der Waals surface area contributed by atoms with Crippen LogP contribution in [0.15, 0.2) is 60.9 Å². The van der Waals surface area contributed by atoms with Gasteiger partial charge in [-0.25, -0.2) is 19.3 Å². The minimum absolute atomic E-state index is 0.193. The van der Waals surface area contributed by atoms with E-state index >= 15 is 0 Å². The summed E-state index contributed by atoms with van der Waals surface area (Å²) in [7, 11) is 0. The predicted octanol–water partition coefficient (Wildman–Crippen LogP) is 3.18. The molecule has 0 aliphatic carbocycles. The van der Waals surface area contributed by atoms with Gasteiger partial charge in [-0.05, 0) is 42.5 Å². The van der Waals surface area contributed by atoms with Crippen molar-refractivity contribution in [1.29, 1.82) is 0 Å². The number of imidazole rings is 1. The van der Waals surface area contributed by atoms with E-state index in [2.05, 4.69) is 15.0 Å². The SMILES string of the molecule is Nc1nccc(-c2c(-c3ccc(F)cc3)nc3ccccn23)n1. The third-order valence-electron chi connectivity index (χ3n) is 3.56. The number of nitrogen functional groups attached to an aromatic ring is 1. The van der Waals surface area contributed by atoms with Crippen molar-refractivity contribution in [2.75, 3.05) is 5.73 Å². The molecular weight excluding hydrogens is 293 g/mol. The van der Waals surface area contributed by atoms with Gasteiger partial charge in [0.15, 0.2) is 0 Å². The number of hydrogen-bond acceptors (Lipinski definition) is 4. The molecule has 23 heavy (non-hydrogen) atoms. The summed E-state index contributed by atoms with van der Waals surface area (Å²) in [5.41, 5.74) is 9.47. The van der Waals surface area contributed by atoms with Crippen LogP contribution in [0.4, 0.5) is 10.3 Å². The van der Waals surface area contributed by atoms with Crippen LogP contribution < -0.4 is 5.73 Å². The molecule has 0 saturated carbocycles. The average molecular weight is 305 g/mol. The second kappa shape index (κ2) is 5.17. The van der Waals surface area contributed by atoms with Gasteiger partial charge in [-0.3, -0.25) is 4.40 Å². The van der Waals surface area contributed by atoms with Crippen LogP contribution in [0, 0.1) is 5.82 Å². The molecule has 0 saturated heterocycles. The third-order valence-corrected chi connectivity index (χ3v) is 3.56. The van der Waals surface area contributed by atoms with Crippen molar-refractivity contribution in [3.8, 4) is 22.6 Å². The van der Waals surface area contributed by atoms with Gasteiger partial charge >= 0.3 is 0 Å². The van der Waals surface area contributed by atoms with Gasteiger partial charge in [0.05, 0.1) is 17.1 Å². The molecular formula is C17H12FN5. The zero-order valence-corrected chi connectivity index (χ0v) is 12.0. The quantitative estimate of drug-likeness (QED) is 0.617. The summed E-state index contributed by atoms with van der Waals surface area (Å²) in [6.07, 6.45) is 3.51. The van der Waals surface area contributed by atoms with Gasteiger partial charge in [0.1, 0.15) is 11.5 Å². The van der Waals surface area contributed by atoms with Gasteiger partial charge in [-0.15, -0.1) is 0 Å². The number of rotatable bonds is 2. The van der Waals surface area contributed by atoms with Crippen molar-refractivity contribution in [3.63, 3.8) is 0 Å². The first-order valence-electron chi connectivity index (χ1n) is 7.04. The van der Waals surface area contributed by atoms with Crippen molar-refractivity contribution in [2.24, 2.45) is 0 Å². The first-order valence-corrected chi connectivity index (χ1v) is 7.04. The lowest BCUT2D eigenvalue weighted by molar-refractivity contribution is 0.628. The second-order valence-corrected chi connectivity index (χ2v) is 5.04. The number of aromatic nitrogens is 4. The molecule has 2 N–H and O–H groups in total. The van der Waals surface area contributed by atoms with E-state index in [1.54, 1.807) is 24.4 Å². The number of nitrogens with two attached hydrogens (primary N) is 1. The fourth-order valence-corrected chi connectivity index (χ4v) is 2.56. The van der Waals surface area contributed by atoms with Crippen molar-refractivity contribution >= 4 is 11.6 Å². The van der Waals surface area contributed by atoms with Gasteiger partial charge in [0.25, 0.3) is 0 Å². The Morgan fingerprint density at radius 3 is 2.57 bits per heavy atom. The number of anilines is 1.